The van der Waals surface area contributed by atoms with Crippen LogP contribution in [0.3, 0.4) is 0 Å². The van der Waals surface area contributed by atoms with Crippen molar-refractivity contribution in [1.82, 2.24) is 0 Å². The van der Waals surface area contributed by atoms with E-state index in [1.54, 1.807) is 0 Å². The van der Waals surface area contributed by atoms with Crippen molar-refractivity contribution in [3.8, 4) is 11.5 Å². The van der Waals surface area contributed by atoms with Gasteiger partial charge in [-0.05, 0) is 81.7 Å². The molecule has 1 aliphatic rings. The fourth-order valence-corrected chi connectivity index (χ4v) is 6.87. The summed E-state index contributed by atoms with van der Waals surface area (Å²) in [6, 6.07) is 24.7. The van der Waals surface area contributed by atoms with Crippen molar-refractivity contribution >= 4 is 64.4 Å². The molecule has 4 aromatic carbocycles. The molecule has 2 aromatic heterocycles. The number of benzene rings is 4. The van der Waals surface area contributed by atoms with Crippen molar-refractivity contribution in [2.45, 2.75) is 12.8 Å². The van der Waals surface area contributed by atoms with Gasteiger partial charge in [0.25, 0.3) is 0 Å². The van der Waals surface area contributed by atoms with Crippen LogP contribution in [0.15, 0.2) is 72.1 Å². The fraction of sp³-hybridized carbons (Fsp3) is 0.143. The molecule has 2 nitrogen and oxygen atoms in total. The summed E-state index contributed by atoms with van der Waals surface area (Å²) in [4.78, 5) is 1.43. The van der Waals surface area contributed by atoms with Gasteiger partial charge in [0.1, 0.15) is 13.2 Å². The van der Waals surface area contributed by atoms with Gasteiger partial charge in [-0.15, -0.1) is 22.7 Å². The van der Waals surface area contributed by atoms with Crippen LogP contribution in [0.1, 0.15) is 10.4 Å². The van der Waals surface area contributed by atoms with Crippen molar-refractivity contribution < 1.29 is 9.47 Å². The number of rotatable bonds is 3. The standard InChI is InChI=1S/C28H20O2S2/c1(17-2-8-25-26(13-17)30-11-10-29-25)7-22-14-21-6-5-20-15-23-19(16-24(20)28(21)32-22)4-3-18-9-12-31-27(18)23/h2-6,8-9,12-16H,1,7,10-11H2. The Hall–Kier alpha value is -3.08. The lowest BCUT2D eigenvalue weighted by molar-refractivity contribution is 0.171. The molecule has 0 unspecified atom stereocenters. The van der Waals surface area contributed by atoms with Gasteiger partial charge in [-0.25, -0.2) is 0 Å². The minimum Gasteiger partial charge on any atom is -0.486 e. The normalized spacial score (nSPS) is 13.5. The highest BCUT2D eigenvalue weighted by Crippen LogP contribution is 2.38. The zero-order valence-corrected chi connectivity index (χ0v) is 19.0. The summed E-state index contributed by atoms with van der Waals surface area (Å²) in [7, 11) is 0. The van der Waals surface area contributed by atoms with Gasteiger partial charge in [-0.3, -0.25) is 0 Å². The molecule has 6 aromatic rings. The molecule has 1 aliphatic heterocycles. The van der Waals surface area contributed by atoms with E-state index >= 15 is 0 Å². The van der Waals surface area contributed by atoms with Crippen LogP contribution < -0.4 is 9.47 Å². The topological polar surface area (TPSA) is 18.5 Å². The Morgan fingerprint density at radius 2 is 1.38 bits per heavy atom. The van der Waals surface area contributed by atoms with Gasteiger partial charge >= 0.3 is 0 Å². The zero-order valence-electron chi connectivity index (χ0n) is 17.4. The number of ether oxygens (including phenoxy) is 2. The molecule has 0 radical (unpaired) electrons. The van der Waals surface area contributed by atoms with Gasteiger partial charge in [0.2, 0.25) is 0 Å². The molecule has 7 rings (SSSR count). The van der Waals surface area contributed by atoms with E-state index in [4.69, 9.17) is 9.47 Å². The molecular formula is C28H20O2S2. The summed E-state index contributed by atoms with van der Waals surface area (Å²) in [6.45, 7) is 1.27. The lowest BCUT2D eigenvalue weighted by atomic mass is 10.0. The number of hydrogen-bond donors (Lipinski definition) is 0. The van der Waals surface area contributed by atoms with E-state index in [2.05, 4.69) is 66.0 Å². The van der Waals surface area contributed by atoms with E-state index in [-0.39, 0.29) is 0 Å². The van der Waals surface area contributed by atoms with E-state index < -0.39 is 0 Å². The fourth-order valence-electron chi connectivity index (χ4n) is 4.76. The van der Waals surface area contributed by atoms with E-state index in [0.717, 1.165) is 24.3 Å². The molecular weight excluding hydrogens is 432 g/mol. The average Bonchev–Trinajstić information content (AvgIpc) is 3.48. The van der Waals surface area contributed by atoms with Crippen LogP contribution in [0, 0.1) is 0 Å². The quantitative estimate of drug-likeness (QED) is 0.253. The molecule has 0 saturated heterocycles. The first kappa shape index (κ1) is 18.5. The lowest BCUT2D eigenvalue weighted by Gasteiger charge is -2.18. The summed E-state index contributed by atoms with van der Waals surface area (Å²) < 4.78 is 14.2. The number of hydrogen-bond acceptors (Lipinski definition) is 4. The SMILES string of the molecule is c1cc2ccc3cc4c(ccc5cc(CCc6ccc7c(c6)OCCO7)sc54)cc3c2s1. The predicted octanol–water partition coefficient (Wildman–Crippen LogP) is 7.98. The molecule has 0 bridgehead atoms. The van der Waals surface area contributed by atoms with E-state index in [1.807, 2.05) is 28.7 Å². The molecule has 32 heavy (non-hydrogen) atoms. The molecule has 3 heterocycles. The van der Waals surface area contributed by atoms with E-state index in [1.165, 1.54) is 52.2 Å². The van der Waals surface area contributed by atoms with Crippen molar-refractivity contribution in [2.75, 3.05) is 13.2 Å². The number of aryl methyl sites for hydroxylation is 2. The highest BCUT2D eigenvalue weighted by molar-refractivity contribution is 7.20. The lowest BCUT2D eigenvalue weighted by Crippen LogP contribution is -2.15. The van der Waals surface area contributed by atoms with Crippen molar-refractivity contribution in [2.24, 2.45) is 0 Å². The Labute approximate surface area is 193 Å². The van der Waals surface area contributed by atoms with Gasteiger partial charge in [-0.1, -0.05) is 30.3 Å². The second-order valence-electron chi connectivity index (χ2n) is 8.37. The van der Waals surface area contributed by atoms with Crippen LogP contribution in [0.25, 0.3) is 41.7 Å². The Balaban J connectivity index is 1.26. The largest absolute Gasteiger partial charge is 0.486 e. The third-order valence-electron chi connectivity index (χ3n) is 6.37. The van der Waals surface area contributed by atoms with E-state index in [9.17, 15) is 0 Å². The van der Waals surface area contributed by atoms with Crippen LogP contribution in [0.5, 0.6) is 11.5 Å². The second kappa shape index (κ2) is 7.22. The van der Waals surface area contributed by atoms with Crippen LogP contribution >= 0.6 is 22.7 Å². The summed E-state index contributed by atoms with van der Waals surface area (Å²) in [5.74, 6) is 1.74. The molecule has 156 valence electrons. The van der Waals surface area contributed by atoms with Crippen LogP contribution in [-0.4, -0.2) is 13.2 Å². The summed E-state index contributed by atoms with van der Waals surface area (Å²) in [5, 5.41) is 10.2. The molecule has 0 spiro atoms. The molecule has 0 amide bonds. The first-order chi connectivity index (χ1) is 15.8. The Morgan fingerprint density at radius 3 is 2.25 bits per heavy atom. The number of thiophene rings is 2. The summed E-state index contributed by atoms with van der Waals surface area (Å²) >= 11 is 3.77. The van der Waals surface area contributed by atoms with Gasteiger partial charge < -0.3 is 9.47 Å². The molecule has 4 heteroatoms. The van der Waals surface area contributed by atoms with E-state index in [0.29, 0.717) is 13.2 Å². The molecule has 0 saturated carbocycles. The van der Waals surface area contributed by atoms with Gasteiger partial charge in [0, 0.05) is 25.0 Å². The maximum atomic E-state index is 5.75. The highest BCUT2D eigenvalue weighted by Gasteiger charge is 2.13. The highest BCUT2D eigenvalue weighted by atomic mass is 32.1. The molecule has 0 fully saturated rings. The molecule has 0 atom stereocenters. The predicted molar refractivity (Wildman–Crippen MR) is 137 cm³/mol. The summed E-state index contributed by atoms with van der Waals surface area (Å²) in [5.41, 5.74) is 1.29. The van der Waals surface area contributed by atoms with Gasteiger partial charge in [0.15, 0.2) is 11.5 Å². The molecule has 0 N–H and O–H groups in total. The maximum absolute atomic E-state index is 5.75. The third kappa shape index (κ3) is 2.98. The first-order valence-corrected chi connectivity index (χ1v) is 12.7. The number of fused-ring (bicyclic) bond motifs is 7. The smallest absolute Gasteiger partial charge is 0.161 e. The third-order valence-corrected chi connectivity index (χ3v) is 8.58. The summed E-state index contributed by atoms with van der Waals surface area (Å²) in [6.07, 6.45) is 2.03. The average molecular weight is 453 g/mol. The minimum atomic E-state index is 0.631. The zero-order chi connectivity index (χ0) is 21.1. The van der Waals surface area contributed by atoms with Crippen LogP contribution in [-0.2, 0) is 12.8 Å². The van der Waals surface area contributed by atoms with Crippen LogP contribution in [0.2, 0.25) is 0 Å². The minimum absolute atomic E-state index is 0.631. The molecule has 0 aliphatic carbocycles. The Morgan fingerprint density at radius 1 is 0.625 bits per heavy atom. The van der Waals surface area contributed by atoms with Crippen molar-refractivity contribution in [1.29, 1.82) is 0 Å². The first-order valence-electron chi connectivity index (χ1n) is 11.0. The monoisotopic (exact) mass is 452 g/mol. The van der Waals surface area contributed by atoms with Crippen LogP contribution in [0.4, 0.5) is 0 Å². The van der Waals surface area contributed by atoms with Crippen molar-refractivity contribution in [3.05, 3.63) is 82.6 Å². The Kier molecular flexibility index (Phi) is 4.17. The Bertz CT molecular complexity index is 1640. The van der Waals surface area contributed by atoms with Gasteiger partial charge in [-0.2, -0.15) is 0 Å². The van der Waals surface area contributed by atoms with Gasteiger partial charge in [0.05, 0.1) is 0 Å². The van der Waals surface area contributed by atoms with Crippen molar-refractivity contribution in [3.63, 3.8) is 0 Å². The second-order valence-corrected chi connectivity index (χ2v) is 10.4. The maximum Gasteiger partial charge on any atom is 0.161 e.